The first-order chi connectivity index (χ1) is 10.1. The Kier molecular flexibility index (Phi) is 3.28. The number of amides is 1. The number of benzene rings is 2. The van der Waals surface area contributed by atoms with Crippen molar-refractivity contribution in [3.8, 4) is 0 Å². The number of anilines is 1. The number of aromatic nitrogens is 1. The lowest BCUT2D eigenvalue weighted by Crippen LogP contribution is -2.18. The summed E-state index contributed by atoms with van der Waals surface area (Å²) in [4.78, 5) is 26.8. The van der Waals surface area contributed by atoms with Crippen molar-refractivity contribution in [2.24, 2.45) is 0 Å². The third-order valence-corrected chi connectivity index (χ3v) is 3.31. The molecule has 0 saturated heterocycles. The van der Waals surface area contributed by atoms with Gasteiger partial charge in [0.05, 0.1) is 0 Å². The molecule has 0 atom stereocenters. The standard InChI is InChI=1S/C17H14N2O2/c1-11-6-8-13(9-7-11)18-17(21)15-10-12-4-2-3-5-14(12)16(20)19-15/h2-10H,1H3,(H,18,21)(H,19,20). The third-order valence-electron chi connectivity index (χ3n) is 3.31. The van der Waals surface area contributed by atoms with Crippen LogP contribution in [0, 0.1) is 6.92 Å². The van der Waals surface area contributed by atoms with E-state index in [2.05, 4.69) is 10.3 Å². The fourth-order valence-corrected chi connectivity index (χ4v) is 2.17. The lowest BCUT2D eigenvalue weighted by Gasteiger charge is -2.06. The first-order valence-corrected chi connectivity index (χ1v) is 6.63. The highest BCUT2D eigenvalue weighted by atomic mass is 16.2. The summed E-state index contributed by atoms with van der Waals surface area (Å²) in [6.45, 7) is 1.98. The zero-order valence-electron chi connectivity index (χ0n) is 11.5. The molecule has 3 aromatic rings. The summed E-state index contributed by atoms with van der Waals surface area (Å²) in [5.74, 6) is -0.332. The Hall–Kier alpha value is -2.88. The summed E-state index contributed by atoms with van der Waals surface area (Å²) in [7, 11) is 0. The molecule has 0 spiro atoms. The number of fused-ring (bicyclic) bond motifs is 1. The summed E-state index contributed by atoms with van der Waals surface area (Å²) in [6.07, 6.45) is 0. The lowest BCUT2D eigenvalue weighted by atomic mass is 10.1. The quantitative estimate of drug-likeness (QED) is 0.756. The van der Waals surface area contributed by atoms with Crippen molar-refractivity contribution >= 4 is 22.4 Å². The average Bonchev–Trinajstić information content (AvgIpc) is 2.49. The number of rotatable bonds is 2. The number of aryl methyl sites for hydroxylation is 1. The van der Waals surface area contributed by atoms with E-state index in [-0.39, 0.29) is 17.2 Å². The van der Waals surface area contributed by atoms with Crippen LogP contribution in [-0.2, 0) is 0 Å². The zero-order chi connectivity index (χ0) is 14.8. The van der Waals surface area contributed by atoms with Crippen LogP contribution in [0.2, 0.25) is 0 Å². The molecule has 0 aliphatic carbocycles. The normalized spacial score (nSPS) is 10.5. The largest absolute Gasteiger partial charge is 0.321 e. The molecule has 4 heteroatoms. The SMILES string of the molecule is Cc1ccc(NC(=O)c2cc3ccccc3c(=O)[nH]2)cc1. The summed E-state index contributed by atoms with van der Waals surface area (Å²) in [6, 6.07) is 16.3. The van der Waals surface area contributed by atoms with Crippen LogP contribution >= 0.6 is 0 Å². The molecule has 0 bridgehead atoms. The molecule has 0 radical (unpaired) electrons. The average molecular weight is 278 g/mol. The fourth-order valence-electron chi connectivity index (χ4n) is 2.17. The van der Waals surface area contributed by atoms with Crippen LogP contribution < -0.4 is 10.9 Å². The molecule has 0 aliphatic rings. The maximum Gasteiger partial charge on any atom is 0.272 e. The van der Waals surface area contributed by atoms with Gasteiger partial charge in [-0.05, 0) is 36.6 Å². The zero-order valence-corrected chi connectivity index (χ0v) is 11.5. The van der Waals surface area contributed by atoms with Crippen LogP contribution in [0.1, 0.15) is 16.1 Å². The van der Waals surface area contributed by atoms with E-state index in [1.807, 2.05) is 43.3 Å². The van der Waals surface area contributed by atoms with Gasteiger partial charge in [0, 0.05) is 11.1 Å². The molecular weight excluding hydrogens is 264 g/mol. The maximum atomic E-state index is 12.2. The first kappa shape index (κ1) is 13.1. The Labute approximate surface area is 121 Å². The third kappa shape index (κ3) is 2.69. The summed E-state index contributed by atoms with van der Waals surface area (Å²) < 4.78 is 0. The van der Waals surface area contributed by atoms with Gasteiger partial charge in [0.2, 0.25) is 0 Å². The van der Waals surface area contributed by atoms with Crippen LogP contribution in [0.3, 0.4) is 0 Å². The highest BCUT2D eigenvalue weighted by molar-refractivity contribution is 6.04. The molecule has 1 aromatic heterocycles. The second-order valence-corrected chi connectivity index (χ2v) is 4.92. The van der Waals surface area contributed by atoms with E-state index in [0.29, 0.717) is 11.1 Å². The van der Waals surface area contributed by atoms with Crippen LogP contribution in [0.15, 0.2) is 59.4 Å². The number of hydrogen-bond acceptors (Lipinski definition) is 2. The minimum atomic E-state index is -0.332. The van der Waals surface area contributed by atoms with Gasteiger partial charge in [0.25, 0.3) is 11.5 Å². The molecule has 0 fully saturated rings. The van der Waals surface area contributed by atoms with Crippen molar-refractivity contribution in [1.82, 2.24) is 4.98 Å². The van der Waals surface area contributed by atoms with Crippen LogP contribution in [0.5, 0.6) is 0 Å². The fraction of sp³-hybridized carbons (Fsp3) is 0.0588. The molecule has 0 unspecified atom stereocenters. The highest BCUT2D eigenvalue weighted by Crippen LogP contribution is 2.13. The van der Waals surface area contributed by atoms with E-state index in [9.17, 15) is 9.59 Å². The maximum absolute atomic E-state index is 12.2. The Morgan fingerprint density at radius 2 is 1.76 bits per heavy atom. The number of carbonyl (C=O) groups is 1. The van der Waals surface area contributed by atoms with Crippen molar-refractivity contribution in [1.29, 1.82) is 0 Å². The van der Waals surface area contributed by atoms with Crippen molar-refractivity contribution < 1.29 is 4.79 Å². The van der Waals surface area contributed by atoms with E-state index in [1.54, 1.807) is 18.2 Å². The molecule has 4 nitrogen and oxygen atoms in total. The van der Waals surface area contributed by atoms with Gasteiger partial charge in [0.1, 0.15) is 5.69 Å². The van der Waals surface area contributed by atoms with E-state index >= 15 is 0 Å². The van der Waals surface area contributed by atoms with Gasteiger partial charge in [-0.3, -0.25) is 9.59 Å². The molecule has 0 saturated carbocycles. The summed E-state index contributed by atoms with van der Waals surface area (Å²) in [5.41, 5.74) is 1.80. The van der Waals surface area contributed by atoms with Gasteiger partial charge >= 0.3 is 0 Å². The van der Waals surface area contributed by atoms with Gasteiger partial charge in [-0.1, -0.05) is 35.9 Å². The number of pyridine rings is 1. The summed E-state index contributed by atoms with van der Waals surface area (Å²) in [5, 5.41) is 4.09. The second-order valence-electron chi connectivity index (χ2n) is 4.92. The predicted octanol–water partition coefficient (Wildman–Crippen LogP) is 3.09. The molecule has 3 rings (SSSR count). The number of nitrogens with one attached hydrogen (secondary N) is 2. The van der Waals surface area contributed by atoms with E-state index < -0.39 is 0 Å². The van der Waals surface area contributed by atoms with Crippen LogP contribution in [-0.4, -0.2) is 10.9 Å². The predicted molar refractivity (Wildman–Crippen MR) is 83.7 cm³/mol. The first-order valence-electron chi connectivity index (χ1n) is 6.63. The van der Waals surface area contributed by atoms with Gasteiger partial charge in [-0.15, -0.1) is 0 Å². The Morgan fingerprint density at radius 1 is 1.05 bits per heavy atom. The Bertz CT molecular complexity index is 864. The number of hydrogen-bond donors (Lipinski definition) is 2. The van der Waals surface area contributed by atoms with Crippen molar-refractivity contribution in [2.75, 3.05) is 5.32 Å². The minimum Gasteiger partial charge on any atom is -0.321 e. The van der Waals surface area contributed by atoms with Crippen molar-refractivity contribution in [2.45, 2.75) is 6.92 Å². The van der Waals surface area contributed by atoms with Gasteiger partial charge in [-0.2, -0.15) is 0 Å². The lowest BCUT2D eigenvalue weighted by molar-refractivity contribution is 0.102. The van der Waals surface area contributed by atoms with Crippen LogP contribution in [0.25, 0.3) is 10.8 Å². The molecular formula is C17H14N2O2. The van der Waals surface area contributed by atoms with E-state index in [1.165, 1.54) is 0 Å². The molecule has 1 heterocycles. The summed E-state index contributed by atoms with van der Waals surface area (Å²) >= 11 is 0. The Balaban J connectivity index is 1.94. The Morgan fingerprint density at radius 3 is 2.52 bits per heavy atom. The molecule has 21 heavy (non-hydrogen) atoms. The number of aromatic amines is 1. The smallest absolute Gasteiger partial charge is 0.272 e. The number of H-pyrrole nitrogens is 1. The molecule has 0 aliphatic heterocycles. The van der Waals surface area contributed by atoms with Crippen molar-refractivity contribution in [3.63, 3.8) is 0 Å². The minimum absolute atomic E-state index is 0.249. The van der Waals surface area contributed by atoms with Gasteiger partial charge in [0.15, 0.2) is 0 Å². The van der Waals surface area contributed by atoms with Crippen molar-refractivity contribution in [3.05, 3.63) is 76.2 Å². The second kappa shape index (κ2) is 5.25. The van der Waals surface area contributed by atoms with E-state index in [4.69, 9.17) is 0 Å². The van der Waals surface area contributed by atoms with Gasteiger partial charge in [-0.25, -0.2) is 0 Å². The molecule has 2 aromatic carbocycles. The highest BCUT2D eigenvalue weighted by Gasteiger charge is 2.09. The molecule has 2 N–H and O–H groups in total. The van der Waals surface area contributed by atoms with E-state index in [0.717, 1.165) is 10.9 Å². The topological polar surface area (TPSA) is 62.0 Å². The molecule has 1 amide bonds. The number of carbonyl (C=O) groups excluding carboxylic acids is 1. The van der Waals surface area contributed by atoms with Crippen LogP contribution in [0.4, 0.5) is 5.69 Å². The van der Waals surface area contributed by atoms with Gasteiger partial charge < -0.3 is 10.3 Å². The monoisotopic (exact) mass is 278 g/mol. The molecule has 104 valence electrons.